The SMILES string of the molecule is Cc1c(C#N)c(N)n(C(C)(C)c2nccs2)c1C. The molecule has 0 unspecified atom stereocenters. The van der Waals surface area contributed by atoms with Gasteiger partial charge in [0, 0.05) is 17.3 Å². The van der Waals surface area contributed by atoms with Crippen LogP contribution < -0.4 is 5.73 Å². The maximum absolute atomic E-state index is 9.18. The Morgan fingerprint density at radius 2 is 2.11 bits per heavy atom. The highest BCUT2D eigenvalue weighted by atomic mass is 32.1. The van der Waals surface area contributed by atoms with Crippen LogP contribution in [0, 0.1) is 25.2 Å². The van der Waals surface area contributed by atoms with Gasteiger partial charge in [0.15, 0.2) is 0 Å². The van der Waals surface area contributed by atoms with E-state index in [0.717, 1.165) is 16.3 Å². The monoisotopic (exact) mass is 260 g/mol. The van der Waals surface area contributed by atoms with Gasteiger partial charge < -0.3 is 10.3 Å². The first kappa shape index (κ1) is 12.7. The summed E-state index contributed by atoms with van der Waals surface area (Å²) in [7, 11) is 0. The van der Waals surface area contributed by atoms with Crippen molar-refractivity contribution in [2.75, 3.05) is 5.73 Å². The van der Waals surface area contributed by atoms with Crippen molar-refractivity contribution in [3.8, 4) is 6.07 Å². The average Bonchev–Trinajstić information content (AvgIpc) is 2.89. The van der Waals surface area contributed by atoms with Crippen molar-refractivity contribution in [2.24, 2.45) is 0 Å². The second-order valence-corrected chi connectivity index (χ2v) is 5.71. The van der Waals surface area contributed by atoms with E-state index in [1.807, 2.05) is 23.8 Å². The van der Waals surface area contributed by atoms with Crippen LogP contribution in [0.1, 0.15) is 35.7 Å². The second-order valence-electron chi connectivity index (χ2n) is 4.81. The van der Waals surface area contributed by atoms with Gasteiger partial charge in [-0.2, -0.15) is 5.26 Å². The van der Waals surface area contributed by atoms with Gasteiger partial charge in [-0.3, -0.25) is 0 Å². The zero-order valence-corrected chi connectivity index (χ0v) is 11.8. The smallest absolute Gasteiger partial charge is 0.122 e. The Balaban J connectivity index is 2.70. The van der Waals surface area contributed by atoms with Gasteiger partial charge in [0.05, 0.1) is 11.1 Å². The molecule has 0 aromatic carbocycles. The van der Waals surface area contributed by atoms with Crippen LogP contribution in [-0.4, -0.2) is 9.55 Å². The van der Waals surface area contributed by atoms with Crippen LogP contribution in [0.25, 0.3) is 0 Å². The van der Waals surface area contributed by atoms with E-state index in [1.54, 1.807) is 17.5 Å². The molecule has 0 saturated heterocycles. The average molecular weight is 260 g/mol. The molecule has 0 bridgehead atoms. The van der Waals surface area contributed by atoms with Crippen LogP contribution in [0.2, 0.25) is 0 Å². The van der Waals surface area contributed by atoms with Crippen LogP contribution in [-0.2, 0) is 5.54 Å². The van der Waals surface area contributed by atoms with E-state index in [0.29, 0.717) is 11.4 Å². The first-order valence-electron chi connectivity index (χ1n) is 5.69. The minimum Gasteiger partial charge on any atom is -0.384 e. The molecule has 18 heavy (non-hydrogen) atoms. The van der Waals surface area contributed by atoms with Crippen LogP contribution >= 0.6 is 11.3 Å². The lowest BCUT2D eigenvalue weighted by atomic mass is 10.1. The first-order chi connectivity index (χ1) is 8.41. The lowest BCUT2D eigenvalue weighted by Crippen LogP contribution is -2.29. The van der Waals surface area contributed by atoms with E-state index in [4.69, 9.17) is 5.73 Å². The number of nitrogens with zero attached hydrogens (tertiary/aromatic N) is 3. The fraction of sp³-hybridized carbons (Fsp3) is 0.385. The molecule has 0 aliphatic heterocycles. The van der Waals surface area contributed by atoms with Gasteiger partial charge in [-0.25, -0.2) is 4.98 Å². The minimum atomic E-state index is -0.345. The quantitative estimate of drug-likeness (QED) is 0.902. The second kappa shape index (κ2) is 4.14. The third-order valence-corrected chi connectivity index (χ3v) is 4.46. The standard InChI is InChI=1S/C13H16N4S/c1-8-9(2)17(11(15)10(8)7-14)13(3,4)12-16-5-6-18-12/h5-6H,15H2,1-4H3. The summed E-state index contributed by atoms with van der Waals surface area (Å²) in [5, 5.41) is 12.1. The summed E-state index contributed by atoms with van der Waals surface area (Å²) in [6, 6.07) is 2.18. The van der Waals surface area contributed by atoms with Crippen molar-refractivity contribution in [3.05, 3.63) is 33.4 Å². The molecule has 0 fully saturated rings. The fourth-order valence-electron chi connectivity index (χ4n) is 2.32. The van der Waals surface area contributed by atoms with E-state index in [-0.39, 0.29) is 5.54 Å². The lowest BCUT2D eigenvalue weighted by Gasteiger charge is -2.28. The molecule has 0 saturated carbocycles. The Labute approximate surface area is 111 Å². The Morgan fingerprint density at radius 3 is 2.56 bits per heavy atom. The number of rotatable bonds is 2. The molecular formula is C13H16N4S. The lowest BCUT2D eigenvalue weighted by molar-refractivity contribution is 0.432. The van der Waals surface area contributed by atoms with Gasteiger partial charge >= 0.3 is 0 Å². The molecule has 2 heterocycles. The van der Waals surface area contributed by atoms with Crippen LogP contribution in [0.5, 0.6) is 0 Å². The third kappa shape index (κ3) is 1.61. The van der Waals surface area contributed by atoms with Gasteiger partial charge in [-0.05, 0) is 33.3 Å². The Bertz CT molecular complexity index is 614. The molecule has 2 N–H and O–H groups in total. The van der Waals surface area contributed by atoms with E-state index in [9.17, 15) is 5.26 Å². The van der Waals surface area contributed by atoms with E-state index in [2.05, 4.69) is 24.9 Å². The number of thiazole rings is 1. The summed E-state index contributed by atoms with van der Waals surface area (Å²) in [6.07, 6.45) is 1.79. The highest BCUT2D eigenvalue weighted by Gasteiger charge is 2.31. The van der Waals surface area contributed by atoms with Gasteiger partial charge in [-0.1, -0.05) is 0 Å². The molecule has 2 rings (SSSR count). The highest BCUT2D eigenvalue weighted by molar-refractivity contribution is 7.09. The zero-order valence-electron chi connectivity index (χ0n) is 11.0. The van der Waals surface area contributed by atoms with Crippen molar-refractivity contribution in [2.45, 2.75) is 33.2 Å². The number of nitriles is 1. The minimum absolute atomic E-state index is 0.345. The normalized spacial score (nSPS) is 11.5. The van der Waals surface area contributed by atoms with Crippen molar-refractivity contribution < 1.29 is 0 Å². The number of hydrogen-bond donors (Lipinski definition) is 1. The molecule has 94 valence electrons. The van der Waals surface area contributed by atoms with Crippen molar-refractivity contribution >= 4 is 17.2 Å². The van der Waals surface area contributed by atoms with Crippen molar-refractivity contribution in [1.29, 1.82) is 5.26 Å². The maximum atomic E-state index is 9.18. The molecule has 0 spiro atoms. The summed E-state index contributed by atoms with van der Waals surface area (Å²) in [5.74, 6) is 0.521. The van der Waals surface area contributed by atoms with E-state index in [1.165, 1.54) is 0 Å². The molecule has 4 nitrogen and oxygen atoms in total. The summed E-state index contributed by atoms with van der Waals surface area (Å²) < 4.78 is 2.00. The van der Waals surface area contributed by atoms with Crippen LogP contribution in [0.15, 0.2) is 11.6 Å². The van der Waals surface area contributed by atoms with E-state index < -0.39 is 0 Å². The predicted molar refractivity (Wildman–Crippen MR) is 73.6 cm³/mol. The Hall–Kier alpha value is -1.80. The summed E-state index contributed by atoms with van der Waals surface area (Å²) >= 11 is 1.59. The van der Waals surface area contributed by atoms with Crippen molar-refractivity contribution in [3.63, 3.8) is 0 Å². The first-order valence-corrected chi connectivity index (χ1v) is 6.57. The molecule has 0 radical (unpaired) electrons. The molecule has 0 aliphatic rings. The molecule has 0 atom stereocenters. The topological polar surface area (TPSA) is 67.6 Å². The van der Waals surface area contributed by atoms with Crippen LogP contribution in [0.4, 0.5) is 5.82 Å². The zero-order chi connectivity index (χ0) is 13.5. The number of nitrogens with two attached hydrogens (primary N) is 1. The molecule has 0 amide bonds. The van der Waals surface area contributed by atoms with Gasteiger partial charge in [0.25, 0.3) is 0 Å². The summed E-state index contributed by atoms with van der Waals surface area (Å²) in [5.41, 5.74) is 8.31. The van der Waals surface area contributed by atoms with Gasteiger partial charge in [0.2, 0.25) is 0 Å². The third-order valence-electron chi connectivity index (χ3n) is 3.38. The number of nitrogen functional groups attached to an aromatic ring is 1. The van der Waals surface area contributed by atoms with Crippen molar-refractivity contribution in [1.82, 2.24) is 9.55 Å². The number of hydrogen-bond acceptors (Lipinski definition) is 4. The molecule has 2 aromatic heterocycles. The fourth-order valence-corrected chi connectivity index (χ4v) is 3.07. The molecule has 5 heteroatoms. The summed E-state index contributed by atoms with van der Waals surface area (Å²) in [6.45, 7) is 8.05. The summed E-state index contributed by atoms with van der Waals surface area (Å²) in [4.78, 5) is 4.37. The predicted octanol–water partition coefficient (Wildman–Crippen LogP) is 2.80. The Kier molecular flexibility index (Phi) is 2.91. The maximum Gasteiger partial charge on any atom is 0.122 e. The molecule has 0 aliphatic carbocycles. The van der Waals surface area contributed by atoms with Crippen LogP contribution in [0.3, 0.4) is 0 Å². The number of anilines is 1. The van der Waals surface area contributed by atoms with Gasteiger partial charge in [-0.15, -0.1) is 11.3 Å². The van der Waals surface area contributed by atoms with Gasteiger partial charge in [0.1, 0.15) is 16.9 Å². The van der Waals surface area contributed by atoms with E-state index >= 15 is 0 Å². The molecule has 2 aromatic rings. The highest BCUT2D eigenvalue weighted by Crippen LogP contribution is 2.35. The number of aromatic nitrogens is 2. The Morgan fingerprint density at radius 1 is 1.44 bits per heavy atom. The largest absolute Gasteiger partial charge is 0.384 e. The molecular weight excluding hydrogens is 244 g/mol.